The number of rotatable bonds is 7. The van der Waals surface area contributed by atoms with Gasteiger partial charge >= 0.3 is 12.3 Å². The van der Waals surface area contributed by atoms with Gasteiger partial charge in [-0.3, -0.25) is 9.50 Å². The van der Waals surface area contributed by atoms with Crippen LogP contribution in [0.5, 0.6) is 0 Å². The van der Waals surface area contributed by atoms with E-state index in [1.165, 1.54) is 19.4 Å². The van der Waals surface area contributed by atoms with Crippen LogP contribution in [0.15, 0.2) is 18.5 Å². The molecule has 190 valence electrons. The summed E-state index contributed by atoms with van der Waals surface area (Å²) in [6, 6.07) is 1.25. The standard InChI is InChI=1S/C20H23F4N7O4/c1-9(2)26-19(32)35-13-8-34-16(15(13)21)12-4-14(30-29-12)28-18-25-5-11(20(22,23)24)17-27-10(7-33-3)6-31(17)18/h4-6,9,13,15-16H,7-8H2,1-3H3,(H,26,32)(H2,25,28,29,30)/t13-,15+,16-/m0/s1. The fraction of sp³-hybridized carbons (Fsp3) is 0.500. The molecule has 15 heteroatoms. The number of aromatic amines is 1. The quantitative estimate of drug-likeness (QED) is 0.421. The van der Waals surface area contributed by atoms with E-state index >= 15 is 0 Å². The number of imidazole rings is 1. The Morgan fingerprint density at radius 3 is 2.86 bits per heavy atom. The third-order valence-corrected chi connectivity index (χ3v) is 5.03. The van der Waals surface area contributed by atoms with Gasteiger partial charge in [0.2, 0.25) is 5.95 Å². The Morgan fingerprint density at radius 2 is 2.17 bits per heavy atom. The van der Waals surface area contributed by atoms with Crippen molar-refractivity contribution in [3.63, 3.8) is 0 Å². The summed E-state index contributed by atoms with van der Waals surface area (Å²) < 4.78 is 71.7. The van der Waals surface area contributed by atoms with Gasteiger partial charge in [0.25, 0.3) is 0 Å². The summed E-state index contributed by atoms with van der Waals surface area (Å²) in [5, 5.41) is 11.9. The van der Waals surface area contributed by atoms with Gasteiger partial charge in [0, 0.05) is 31.6 Å². The first kappa shape index (κ1) is 24.7. The molecule has 3 N–H and O–H groups in total. The number of alkyl carbamates (subject to hydrolysis) is 1. The number of nitrogens with zero attached hydrogens (tertiary/aromatic N) is 4. The van der Waals surface area contributed by atoms with Gasteiger partial charge in [-0.1, -0.05) is 0 Å². The number of H-pyrrole nitrogens is 1. The van der Waals surface area contributed by atoms with E-state index in [0.717, 1.165) is 4.40 Å². The van der Waals surface area contributed by atoms with Gasteiger partial charge in [-0.25, -0.2) is 19.2 Å². The van der Waals surface area contributed by atoms with Crippen LogP contribution < -0.4 is 10.6 Å². The molecule has 1 aliphatic heterocycles. The molecule has 0 aromatic carbocycles. The van der Waals surface area contributed by atoms with E-state index in [0.29, 0.717) is 6.20 Å². The molecule has 0 saturated carbocycles. The van der Waals surface area contributed by atoms with E-state index in [-0.39, 0.29) is 48.1 Å². The fourth-order valence-corrected chi connectivity index (χ4v) is 3.54. The first-order chi connectivity index (χ1) is 16.6. The first-order valence-corrected chi connectivity index (χ1v) is 10.5. The fourth-order valence-electron chi connectivity index (χ4n) is 3.54. The summed E-state index contributed by atoms with van der Waals surface area (Å²) in [5.41, 5.74) is -0.867. The second kappa shape index (κ2) is 9.65. The van der Waals surface area contributed by atoms with Crippen LogP contribution in [-0.2, 0) is 27.0 Å². The molecule has 4 rings (SSSR count). The second-order valence-electron chi connectivity index (χ2n) is 8.13. The topological polar surface area (TPSA) is 128 Å². The maximum absolute atomic E-state index is 14.9. The number of nitrogens with one attached hydrogen (secondary N) is 3. The van der Waals surface area contributed by atoms with Gasteiger partial charge in [-0.2, -0.15) is 18.3 Å². The van der Waals surface area contributed by atoms with E-state index in [4.69, 9.17) is 14.2 Å². The van der Waals surface area contributed by atoms with Crippen LogP contribution in [0.4, 0.5) is 34.1 Å². The predicted octanol–water partition coefficient (Wildman–Crippen LogP) is 3.27. The van der Waals surface area contributed by atoms with Gasteiger partial charge < -0.3 is 24.8 Å². The number of alkyl halides is 4. The van der Waals surface area contributed by atoms with Gasteiger partial charge in [-0.05, 0) is 13.8 Å². The zero-order valence-corrected chi connectivity index (χ0v) is 18.9. The summed E-state index contributed by atoms with van der Waals surface area (Å²) in [6.45, 7) is 3.32. The summed E-state index contributed by atoms with van der Waals surface area (Å²) in [7, 11) is 1.40. The van der Waals surface area contributed by atoms with Crippen LogP contribution in [-0.4, -0.2) is 62.7 Å². The number of halogens is 4. The number of amides is 1. The van der Waals surface area contributed by atoms with Crippen LogP contribution in [0.1, 0.15) is 36.9 Å². The molecule has 1 fully saturated rings. The van der Waals surface area contributed by atoms with Crippen molar-refractivity contribution >= 4 is 23.5 Å². The number of methoxy groups -OCH3 is 1. The number of hydrogen-bond acceptors (Lipinski definition) is 8. The second-order valence-corrected chi connectivity index (χ2v) is 8.13. The monoisotopic (exact) mass is 501 g/mol. The highest BCUT2D eigenvalue weighted by Crippen LogP contribution is 2.35. The number of carbonyl (C=O) groups excluding carboxylic acids is 1. The molecular formula is C20H23F4N7O4. The Hall–Kier alpha value is -3.46. The van der Waals surface area contributed by atoms with Crippen LogP contribution in [0, 0.1) is 0 Å². The number of hydrogen-bond donors (Lipinski definition) is 3. The Labute approximate surface area is 196 Å². The van der Waals surface area contributed by atoms with Crippen LogP contribution in [0.25, 0.3) is 5.65 Å². The third-order valence-electron chi connectivity index (χ3n) is 5.03. The largest absolute Gasteiger partial charge is 0.441 e. The maximum atomic E-state index is 14.9. The van der Waals surface area contributed by atoms with Crippen LogP contribution >= 0.6 is 0 Å². The number of anilines is 2. The summed E-state index contributed by atoms with van der Waals surface area (Å²) in [4.78, 5) is 19.6. The molecule has 1 amide bonds. The smallest absolute Gasteiger partial charge is 0.421 e. The number of carbonyl (C=O) groups is 1. The molecule has 0 unspecified atom stereocenters. The lowest BCUT2D eigenvalue weighted by atomic mass is 10.1. The van der Waals surface area contributed by atoms with E-state index < -0.39 is 36.2 Å². The van der Waals surface area contributed by atoms with Gasteiger partial charge in [-0.15, -0.1) is 0 Å². The Morgan fingerprint density at radius 1 is 1.40 bits per heavy atom. The summed E-state index contributed by atoms with van der Waals surface area (Å²) >= 11 is 0. The highest BCUT2D eigenvalue weighted by atomic mass is 19.4. The molecule has 0 spiro atoms. The average molecular weight is 501 g/mol. The minimum atomic E-state index is -4.66. The molecule has 11 nitrogen and oxygen atoms in total. The predicted molar refractivity (Wildman–Crippen MR) is 113 cm³/mol. The third kappa shape index (κ3) is 5.30. The molecule has 3 aromatic heterocycles. The highest BCUT2D eigenvalue weighted by molar-refractivity contribution is 5.67. The summed E-state index contributed by atoms with van der Waals surface area (Å²) in [5.74, 6) is 0.143. The zero-order chi connectivity index (χ0) is 25.3. The van der Waals surface area contributed by atoms with Crippen molar-refractivity contribution in [2.24, 2.45) is 0 Å². The van der Waals surface area contributed by atoms with Crippen LogP contribution in [0.3, 0.4) is 0 Å². The van der Waals surface area contributed by atoms with Crippen molar-refractivity contribution in [3.05, 3.63) is 35.4 Å². The molecule has 35 heavy (non-hydrogen) atoms. The molecule has 0 bridgehead atoms. The van der Waals surface area contributed by atoms with Crippen molar-refractivity contribution in [2.75, 3.05) is 19.0 Å². The Balaban J connectivity index is 1.52. The minimum Gasteiger partial charge on any atom is -0.441 e. The van der Waals surface area contributed by atoms with Crippen LogP contribution in [0.2, 0.25) is 0 Å². The SMILES string of the molecule is COCc1cn2c(Nc3cc([C@@H]4OC[C@H](OC(=O)NC(C)C)[C@H]4F)[nH]n3)ncc(C(F)(F)F)c2n1. The van der Waals surface area contributed by atoms with Gasteiger partial charge in [0.05, 0.1) is 24.6 Å². The van der Waals surface area contributed by atoms with E-state index in [9.17, 15) is 22.4 Å². The van der Waals surface area contributed by atoms with Crippen molar-refractivity contribution < 1.29 is 36.6 Å². The average Bonchev–Trinajstić information content (AvgIpc) is 3.47. The van der Waals surface area contributed by atoms with Crippen molar-refractivity contribution in [3.8, 4) is 0 Å². The van der Waals surface area contributed by atoms with E-state index in [2.05, 4.69) is 30.8 Å². The minimum absolute atomic E-state index is 0.000304. The number of fused-ring (bicyclic) bond motifs is 1. The maximum Gasteiger partial charge on any atom is 0.421 e. The first-order valence-electron chi connectivity index (χ1n) is 10.5. The highest BCUT2D eigenvalue weighted by Gasteiger charge is 2.42. The van der Waals surface area contributed by atoms with Gasteiger partial charge in [0.15, 0.2) is 23.7 Å². The van der Waals surface area contributed by atoms with Crippen molar-refractivity contribution in [1.82, 2.24) is 29.9 Å². The molecular weight excluding hydrogens is 478 g/mol. The molecule has 3 atom stereocenters. The molecule has 1 saturated heterocycles. The Bertz CT molecular complexity index is 1200. The Kier molecular flexibility index (Phi) is 6.80. The van der Waals surface area contributed by atoms with E-state index in [1.54, 1.807) is 13.8 Å². The van der Waals surface area contributed by atoms with Crippen molar-refractivity contribution in [2.45, 2.75) is 51.1 Å². The van der Waals surface area contributed by atoms with E-state index in [1.807, 2.05) is 0 Å². The lowest BCUT2D eigenvalue weighted by Gasteiger charge is -2.16. The molecule has 0 radical (unpaired) electrons. The number of aromatic nitrogens is 5. The molecule has 4 heterocycles. The van der Waals surface area contributed by atoms with Crippen molar-refractivity contribution in [1.29, 1.82) is 0 Å². The van der Waals surface area contributed by atoms with Gasteiger partial charge in [0.1, 0.15) is 11.7 Å². The lowest BCUT2D eigenvalue weighted by Crippen LogP contribution is -2.36. The normalized spacial score (nSPS) is 20.5. The molecule has 0 aliphatic carbocycles. The molecule has 1 aliphatic rings. The lowest BCUT2D eigenvalue weighted by molar-refractivity contribution is -0.136. The summed E-state index contributed by atoms with van der Waals surface area (Å²) in [6.07, 6.45) is -7.26. The molecule has 3 aromatic rings. The number of ether oxygens (including phenoxy) is 3. The zero-order valence-electron chi connectivity index (χ0n) is 18.9.